The first-order valence-electron chi connectivity index (χ1n) is 6.08. The second kappa shape index (κ2) is 8.31. The minimum atomic E-state index is 0.245. The number of methoxy groups -OCH3 is 1. The molecule has 0 amide bonds. The monoisotopic (exact) mass is 241 g/mol. The average molecular weight is 241 g/mol. The predicted molar refractivity (Wildman–Crippen MR) is 73.3 cm³/mol. The number of nitrogens with zero attached hydrogens (tertiary/aromatic N) is 1. The van der Waals surface area contributed by atoms with E-state index in [1.165, 1.54) is 5.57 Å². The number of allylic oxidation sites excluding steroid dienone is 1. The van der Waals surface area contributed by atoms with Crippen molar-refractivity contribution in [3.63, 3.8) is 0 Å². The molecule has 0 saturated carbocycles. The van der Waals surface area contributed by atoms with Crippen molar-refractivity contribution in [1.29, 1.82) is 0 Å². The van der Waals surface area contributed by atoms with Gasteiger partial charge < -0.3 is 14.7 Å². The predicted octanol–water partition coefficient (Wildman–Crippen LogP) is 3.00. The molecule has 17 heavy (non-hydrogen) atoms. The minimum Gasteiger partial charge on any atom is -0.513 e. The third kappa shape index (κ3) is 5.89. The van der Waals surface area contributed by atoms with Gasteiger partial charge in [0.2, 0.25) is 0 Å². The maximum Gasteiger partial charge on any atom is 0.0866 e. The molecule has 0 radical (unpaired) electrons. The highest BCUT2D eigenvalue weighted by Crippen LogP contribution is 2.26. The highest BCUT2D eigenvalue weighted by atomic mass is 16.5. The lowest BCUT2D eigenvalue weighted by Gasteiger charge is -2.33. The molecule has 0 aromatic rings. The zero-order valence-electron chi connectivity index (χ0n) is 11.9. The topological polar surface area (TPSA) is 32.7 Å². The highest BCUT2D eigenvalue weighted by Gasteiger charge is 2.25. The zero-order chi connectivity index (χ0) is 13.4. The van der Waals surface area contributed by atoms with Crippen LogP contribution in [0.3, 0.4) is 0 Å². The Balaban J connectivity index is 4.86. The number of hydrogen-bond acceptors (Lipinski definition) is 3. The van der Waals surface area contributed by atoms with Crippen LogP contribution in [-0.4, -0.2) is 43.9 Å². The average Bonchev–Trinajstić information content (AvgIpc) is 2.26. The Hall–Kier alpha value is -0.800. The van der Waals surface area contributed by atoms with Crippen LogP contribution in [0.4, 0.5) is 0 Å². The van der Waals surface area contributed by atoms with Crippen LogP contribution in [-0.2, 0) is 4.74 Å². The van der Waals surface area contributed by atoms with Gasteiger partial charge in [0.15, 0.2) is 0 Å². The van der Waals surface area contributed by atoms with Crippen LogP contribution < -0.4 is 0 Å². The Morgan fingerprint density at radius 2 is 2.06 bits per heavy atom. The van der Waals surface area contributed by atoms with Crippen molar-refractivity contribution >= 4 is 0 Å². The minimum absolute atomic E-state index is 0.245. The summed E-state index contributed by atoms with van der Waals surface area (Å²) in [4.78, 5) is 2.15. The Labute approximate surface area is 106 Å². The molecule has 3 heteroatoms. The van der Waals surface area contributed by atoms with E-state index in [1.807, 2.05) is 14.1 Å². The Bertz CT molecular complexity index is 259. The normalized spacial score (nSPS) is 16.0. The quantitative estimate of drug-likeness (QED) is 0.524. The number of aliphatic hydroxyl groups is 1. The van der Waals surface area contributed by atoms with Crippen LogP contribution in [0.5, 0.6) is 0 Å². The van der Waals surface area contributed by atoms with Gasteiger partial charge in [-0.15, -0.1) is 0 Å². The van der Waals surface area contributed by atoms with Gasteiger partial charge in [0.05, 0.1) is 5.76 Å². The summed E-state index contributed by atoms with van der Waals surface area (Å²) >= 11 is 0. The standard InChI is InChI=1S/C14H27NO2/c1-7-11(2)13(8-9-17-6)14(15(4)5)10-12(3)16/h7,13-14,16H,3,8-10H2,1-2,4-6H3/b11-7+. The summed E-state index contributed by atoms with van der Waals surface area (Å²) in [6, 6.07) is 0.263. The summed E-state index contributed by atoms with van der Waals surface area (Å²) in [5.74, 6) is 0.633. The fraction of sp³-hybridized carbons (Fsp3) is 0.714. The lowest BCUT2D eigenvalue weighted by molar-refractivity contribution is 0.144. The summed E-state index contributed by atoms with van der Waals surface area (Å²) in [6.45, 7) is 8.52. The van der Waals surface area contributed by atoms with Gasteiger partial charge >= 0.3 is 0 Å². The van der Waals surface area contributed by atoms with Crippen molar-refractivity contribution in [1.82, 2.24) is 4.90 Å². The van der Waals surface area contributed by atoms with Gasteiger partial charge in [0, 0.05) is 26.2 Å². The van der Waals surface area contributed by atoms with Crippen LogP contribution in [0.1, 0.15) is 26.7 Å². The fourth-order valence-corrected chi connectivity index (χ4v) is 2.11. The molecular formula is C14H27NO2. The van der Waals surface area contributed by atoms with E-state index in [1.54, 1.807) is 7.11 Å². The van der Waals surface area contributed by atoms with Crippen molar-refractivity contribution in [2.75, 3.05) is 27.8 Å². The van der Waals surface area contributed by atoms with Gasteiger partial charge in [-0.25, -0.2) is 0 Å². The fourth-order valence-electron chi connectivity index (χ4n) is 2.11. The molecule has 0 aliphatic rings. The number of rotatable bonds is 8. The number of hydrogen-bond donors (Lipinski definition) is 1. The SMILES string of the molecule is C=C(O)CC(C(CCOC)/C(C)=C/C)N(C)C. The first-order chi connectivity index (χ1) is 7.93. The summed E-state index contributed by atoms with van der Waals surface area (Å²) in [5, 5.41) is 9.43. The van der Waals surface area contributed by atoms with Gasteiger partial charge in [-0.2, -0.15) is 0 Å². The van der Waals surface area contributed by atoms with Gasteiger partial charge in [0.25, 0.3) is 0 Å². The third-order valence-corrected chi connectivity index (χ3v) is 3.25. The van der Waals surface area contributed by atoms with Gasteiger partial charge in [-0.3, -0.25) is 0 Å². The Morgan fingerprint density at radius 1 is 1.47 bits per heavy atom. The van der Waals surface area contributed by atoms with E-state index in [-0.39, 0.29) is 11.8 Å². The smallest absolute Gasteiger partial charge is 0.0866 e. The van der Waals surface area contributed by atoms with Crippen LogP contribution in [0.2, 0.25) is 0 Å². The molecule has 0 fully saturated rings. The second-order valence-electron chi connectivity index (χ2n) is 4.72. The van der Waals surface area contributed by atoms with E-state index in [9.17, 15) is 5.11 Å². The zero-order valence-corrected chi connectivity index (χ0v) is 11.9. The molecule has 3 nitrogen and oxygen atoms in total. The molecule has 0 saturated heterocycles. The van der Waals surface area contributed by atoms with E-state index < -0.39 is 0 Å². The molecule has 0 spiro atoms. The van der Waals surface area contributed by atoms with Crippen LogP contribution in [0.25, 0.3) is 0 Å². The molecule has 0 rings (SSSR count). The van der Waals surface area contributed by atoms with Crippen molar-refractivity contribution in [2.45, 2.75) is 32.7 Å². The third-order valence-electron chi connectivity index (χ3n) is 3.25. The first kappa shape index (κ1) is 16.2. The molecule has 2 unspecified atom stereocenters. The summed E-state index contributed by atoms with van der Waals surface area (Å²) < 4.78 is 5.17. The summed E-state index contributed by atoms with van der Waals surface area (Å²) in [5.41, 5.74) is 1.34. The van der Waals surface area contributed by atoms with Crippen molar-refractivity contribution in [2.24, 2.45) is 5.92 Å². The molecule has 0 aliphatic heterocycles. The van der Waals surface area contributed by atoms with Gasteiger partial charge in [-0.1, -0.05) is 18.2 Å². The van der Waals surface area contributed by atoms with Crippen LogP contribution >= 0.6 is 0 Å². The van der Waals surface area contributed by atoms with E-state index in [4.69, 9.17) is 4.74 Å². The van der Waals surface area contributed by atoms with Crippen molar-refractivity contribution in [3.05, 3.63) is 24.0 Å². The van der Waals surface area contributed by atoms with Crippen molar-refractivity contribution in [3.8, 4) is 0 Å². The molecule has 0 heterocycles. The Morgan fingerprint density at radius 3 is 2.41 bits per heavy atom. The maximum absolute atomic E-state index is 9.43. The molecule has 100 valence electrons. The van der Waals surface area contributed by atoms with Crippen molar-refractivity contribution < 1.29 is 9.84 Å². The van der Waals surface area contributed by atoms with Gasteiger partial charge in [-0.05, 0) is 40.3 Å². The van der Waals surface area contributed by atoms with E-state index >= 15 is 0 Å². The highest BCUT2D eigenvalue weighted by molar-refractivity contribution is 5.07. The summed E-state index contributed by atoms with van der Waals surface area (Å²) in [6.07, 6.45) is 3.70. The molecule has 0 aliphatic carbocycles. The molecule has 1 N–H and O–H groups in total. The van der Waals surface area contributed by atoms with Crippen LogP contribution in [0.15, 0.2) is 24.0 Å². The lowest BCUT2D eigenvalue weighted by Crippen LogP contribution is -2.37. The van der Waals surface area contributed by atoms with E-state index in [0.717, 1.165) is 13.0 Å². The molecule has 0 aromatic heterocycles. The molecular weight excluding hydrogens is 214 g/mol. The Kier molecular flexibility index (Phi) is 7.92. The van der Waals surface area contributed by atoms with E-state index in [0.29, 0.717) is 12.3 Å². The summed E-state index contributed by atoms with van der Waals surface area (Å²) in [7, 11) is 5.80. The van der Waals surface area contributed by atoms with Gasteiger partial charge in [0.1, 0.15) is 0 Å². The first-order valence-corrected chi connectivity index (χ1v) is 6.08. The van der Waals surface area contributed by atoms with E-state index in [2.05, 4.69) is 31.4 Å². The molecule has 0 aromatic carbocycles. The molecule has 2 atom stereocenters. The second-order valence-corrected chi connectivity index (χ2v) is 4.72. The number of aliphatic hydroxyl groups excluding tert-OH is 1. The largest absolute Gasteiger partial charge is 0.513 e. The maximum atomic E-state index is 9.43. The number of ether oxygens (including phenoxy) is 1. The van der Waals surface area contributed by atoms with Crippen LogP contribution in [0, 0.1) is 5.92 Å². The lowest BCUT2D eigenvalue weighted by atomic mass is 9.86. The molecule has 0 bridgehead atoms.